The Kier molecular flexibility index (Phi) is 2.29. The molecule has 0 saturated heterocycles. The van der Waals surface area contributed by atoms with Crippen LogP contribution in [0.4, 0.5) is 0 Å². The van der Waals surface area contributed by atoms with E-state index in [1.54, 1.807) is 0 Å². The van der Waals surface area contributed by atoms with Crippen molar-refractivity contribution < 1.29 is 0 Å². The van der Waals surface area contributed by atoms with E-state index >= 15 is 0 Å². The quantitative estimate of drug-likeness (QED) is 0.404. The summed E-state index contributed by atoms with van der Waals surface area (Å²) in [5.41, 5.74) is 2.73. The van der Waals surface area contributed by atoms with Gasteiger partial charge in [-0.3, -0.25) is 0 Å². The third-order valence-corrected chi connectivity index (χ3v) is 3.53. The lowest BCUT2D eigenvalue weighted by Crippen LogP contribution is -1.89. The molecule has 17 heavy (non-hydrogen) atoms. The molecule has 0 aliphatic carbocycles. The summed E-state index contributed by atoms with van der Waals surface area (Å²) in [6, 6.07) is 17.3. The van der Waals surface area contributed by atoms with Crippen LogP contribution >= 0.6 is 0 Å². The topological polar surface area (TPSA) is 0 Å². The zero-order valence-corrected chi connectivity index (χ0v) is 10.2. The van der Waals surface area contributed by atoms with E-state index < -0.39 is 0 Å². The van der Waals surface area contributed by atoms with Gasteiger partial charge in [-0.05, 0) is 36.8 Å². The van der Waals surface area contributed by atoms with Crippen LogP contribution in [-0.2, 0) is 0 Å². The molecular formula is C17H15+. The Bertz CT molecular complexity index is 636. The van der Waals surface area contributed by atoms with Gasteiger partial charge in [0.15, 0.2) is 0 Å². The summed E-state index contributed by atoms with van der Waals surface area (Å²) in [5.74, 6) is 0. The van der Waals surface area contributed by atoms with Gasteiger partial charge in [-0.2, -0.15) is 0 Å². The standard InChI is InChI=1S/C17H15/c1-3-13-16-10-6-4-8-14(16)12(2)15-9-5-7-11-17(13)15/h3-11H,1-2H3/q+1. The van der Waals surface area contributed by atoms with E-state index in [0.29, 0.717) is 0 Å². The van der Waals surface area contributed by atoms with Crippen molar-refractivity contribution in [1.82, 2.24) is 0 Å². The summed E-state index contributed by atoms with van der Waals surface area (Å²) in [6.45, 7) is 4.33. The molecule has 0 N–H and O–H groups in total. The lowest BCUT2D eigenvalue weighted by atomic mass is 9.91. The first-order valence-electron chi connectivity index (χ1n) is 6.02. The summed E-state index contributed by atoms with van der Waals surface area (Å²) >= 11 is 0. The SMILES string of the molecule is C[CH+]c1c2ccccc2c(C)c2ccccc12. The fraction of sp³-hybridized carbons (Fsp3) is 0.118. The largest absolute Gasteiger partial charge is 0.145 e. The summed E-state index contributed by atoms with van der Waals surface area (Å²) < 4.78 is 0. The number of hydrogen-bond acceptors (Lipinski definition) is 0. The molecule has 0 aliphatic rings. The maximum absolute atomic E-state index is 2.21. The molecule has 0 spiro atoms. The fourth-order valence-electron chi connectivity index (χ4n) is 2.69. The Labute approximate surface area is 102 Å². The maximum Gasteiger partial charge on any atom is 0.145 e. The zero-order chi connectivity index (χ0) is 11.8. The van der Waals surface area contributed by atoms with Crippen LogP contribution in [0.2, 0.25) is 0 Å². The second kappa shape index (κ2) is 3.81. The monoisotopic (exact) mass is 219 g/mol. The molecule has 3 rings (SSSR count). The van der Waals surface area contributed by atoms with E-state index in [1.165, 1.54) is 32.7 Å². The highest BCUT2D eigenvalue weighted by molar-refractivity contribution is 6.06. The molecule has 0 amide bonds. The molecule has 0 unspecified atom stereocenters. The van der Waals surface area contributed by atoms with Gasteiger partial charge in [0, 0.05) is 36.2 Å². The molecule has 0 fully saturated rings. The van der Waals surface area contributed by atoms with Crippen LogP contribution in [0.25, 0.3) is 21.5 Å². The summed E-state index contributed by atoms with van der Waals surface area (Å²) in [7, 11) is 0. The molecule has 0 aromatic heterocycles. The average molecular weight is 219 g/mol. The van der Waals surface area contributed by atoms with Crippen LogP contribution in [-0.4, -0.2) is 0 Å². The Hall–Kier alpha value is -1.95. The van der Waals surface area contributed by atoms with Crippen molar-refractivity contribution >= 4 is 21.5 Å². The van der Waals surface area contributed by atoms with Crippen LogP contribution in [0.5, 0.6) is 0 Å². The molecule has 0 nitrogen and oxygen atoms in total. The van der Waals surface area contributed by atoms with Crippen molar-refractivity contribution in [3.05, 3.63) is 66.1 Å². The highest BCUT2D eigenvalue weighted by Crippen LogP contribution is 2.32. The summed E-state index contributed by atoms with van der Waals surface area (Å²) in [5, 5.41) is 5.43. The van der Waals surface area contributed by atoms with E-state index in [4.69, 9.17) is 0 Å². The molecular weight excluding hydrogens is 204 g/mol. The predicted octanol–water partition coefficient (Wildman–Crippen LogP) is 4.87. The van der Waals surface area contributed by atoms with E-state index in [0.717, 1.165) is 0 Å². The van der Waals surface area contributed by atoms with E-state index in [9.17, 15) is 0 Å². The van der Waals surface area contributed by atoms with Gasteiger partial charge in [-0.25, -0.2) is 0 Å². The van der Waals surface area contributed by atoms with Crippen LogP contribution in [0.3, 0.4) is 0 Å². The molecule has 0 atom stereocenters. The predicted molar refractivity (Wildman–Crippen MR) is 75.3 cm³/mol. The smallest absolute Gasteiger partial charge is 0.0593 e. The average Bonchev–Trinajstić information content (AvgIpc) is 2.40. The third kappa shape index (κ3) is 1.41. The van der Waals surface area contributed by atoms with Crippen molar-refractivity contribution in [2.24, 2.45) is 0 Å². The van der Waals surface area contributed by atoms with E-state index in [1.807, 2.05) is 0 Å². The molecule has 0 heteroatoms. The van der Waals surface area contributed by atoms with E-state index in [-0.39, 0.29) is 0 Å². The Morgan fingerprint density at radius 2 is 1.12 bits per heavy atom. The molecule has 0 saturated carbocycles. The first-order chi connectivity index (χ1) is 8.33. The van der Waals surface area contributed by atoms with Crippen LogP contribution in [0, 0.1) is 13.3 Å². The minimum atomic E-state index is 1.35. The number of benzene rings is 3. The van der Waals surface area contributed by atoms with Gasteiger partial charge in [-0.1, -0.05) is 12.1 Å². The Morgan fingerprint density at radius 3 is 1.53 bits per heavy atom. The summed E-state index contributed by atoms with van der Waals surface area (Å²) in [6.07, 6.45) is 2.21. The molecule has 3 aromatic carbocycles. The normalized spacial score (nSPS) is 10.9. The van der Waals surface area contributed by atoms with Gasteiger partial charge in [0.25, 0.3) is 0 Å². The van der Waals surface area contributed by atoms with Gasteiger partial charge >= 0.3 is 0 Å². The van der Waals surface area contributed by atoms with Crippen molar-refractivity contribution in [2.75, 3.05) is 0 Å². The Balaban J connectivity index is 2.63. The third-order valence-electron chi connectivity index (χ3n) is 3.53. The lowest BCUT2D eigenvalue weighted by molar-refractivity contribution is 1.47. The molecule has 0 bridgehead atoms. The molecule has 82 valence electrons. The van der Waals surface area contributed by atoms with Gasteiger partial charge in [-0.15, -0.1) is 0 Å². The fourth-order valence-corrected chi connectivity index (χ4v) is 2.69. The molecule has 0 heterocycles. The molecule has 0 aliphatic heterocycles. The minimum absolute atomic E-state index is 1.35. The van der Waals surface area contributed by atoms with Crippen LogP contribution in [0.1, 0.15) is 18.1 Å². The first kappa shape index (κ1) is 10.2. The molecule has 0 radical (unpaired) electrons. The van der Waals surface area contributed by atoms with Crippen molar-refractivity contribution in [1.29, 1.82) is 0 Å². The van der Waals surface area contributed by atoms with Crippen LogP contribution < -0.4 is 0 Å². The summed E-state index contributed by atoms with van der Waals surface area (Å²) in [4.78, 5) is 0. The Morgan fingerprint density at radius 1 is 0.706 bits per heavy atom. The number of fused-ring (bicyclic) bond motifs is 2. The molecule has 3 aromatic rings. The first-order valence-corrected chi connectivity index (χ1v) is 6.02. The second-order valence-electron chi connectivity index (χ2n) is 4.42. The van der Waals surface area contributed by atoms with Gasteiger partial charge in [0.2, 0.25) is 0 Å². The highest BCUT2D eigenvalue weighted by atomic mass is 14.1. The van der Waals surface area contributed by atoms with Gasteiger partial charge in [0.1, 0.15) is 5.56 Å². The number of hydrogen-bond donors (Lipinski definition) is 0. The highest BCUT2D eigenvalue weighted by Gasteiger charge is 2.16. The number of rotatable bonds is 1. The van der Waals surface area contributed by atoms with Crippen molar-refractivity contribution in [2.45, 2.75) is 13.8 Å². The number of aryl methyl sites for hydroxylation is 1. The lowest BCUT2D eigenvalue weighted by Gasteiger charge is -2.05. The zero-order valence-electron chi connectivity index (χ0n) is 10.2. The van der Waals surface area contributed by atoms with Crippen LogP contribution in [0.15, 0.2) is 48.5 Å². The van der Waals surface area contributed by atoms with Gasteiger partial charge in [0.05, 0.1) is 10.8 Å². The second-order valence-corrected chi connectivity index (χ2v) is 4.42. The van der Waals surface area contributed by atoms with Crippen molar-refractivity contribution in [3.63, 3.8) is 0 Å². The minimum Gasteiger partial charge on any atom is -0.0593 e. The van der Waals surface area contributed by atoms with Crippen molar-refractivity contribution in [3.8, 4) is 0 Å². The van der Waals surface area contributed by atoms with E-state index in [2.05, 4.69) is 68.8 Å². The van der Waals surface area contributed by atoms with Gasteiger partial charge < -0.3 is 0 Å². The maximum atomic E-state index is 2.21.